The van der Waals surface area contributed by atoms with Gasteiger partial charge in [-0.15, -0.1) is 0 Å². The van der Waals surface area contributed by atoms with Crippen LogP contribution < -0.4 is 0 Å². The summed E-state index contributed by atoms with van der Waals surface area (Å²) in [6.45, 7) is 13.7. The van der Waals surface area contributed by atoms with Gasteiger partial charge in [0.25, 0.3) is 0 Å². The summed E-state index contributed by atoms with van der Waals surface area (Å²) in [7, 11) is -6.29. The van der Waals surface area contributed by atoms with Gasteiger partial charge < -0.3 is 29.5 Å². The van der Waals surface area contributed by atoms with E-state index in [-0.39, 0.29) is 19.3 Å². The Hall–Kier alpha value is 0.245. The van der Waals surface area contributed by atoms with E-state index in [0.717, 1.165) is 0 Å². The zero-order chi connectivity index (χ0) is 26.0. The van der Waals surface area contributed by atoms with Crippen LogP contribution in [-0.4, -0.2) is 81.2 Å². The molecule has 0 bridgehead atoms. The SMILES string of the molecule is B[C@@H]1O[C@H](CC(C)(CC)OP(C)(=O)C(C)(CC)C(C)(CC)OP(=O)(O)C(O)CC)[C@@H](O)[C@H]1O. The van der Waals surface area contributed by atoms with Crippen molar-refractivity contribution in [3.8, 4) is 0 Å². The van der Waals surface area contributed by atoms with Crippen molar-refractivity contribution in [2.75, 3.05) is 6.66 Å². The lowest BCUT2D eigenvalue weighted by molar-refractivity contribution is -0.0387. The van der Waals surface area contributed by atoms with Gasteiger partial charge in [-0.05, 0) is 46.5 Å². The number of ether oxygens (including phenoxy) is 1. The molecule has 1 aliphatic rings. The standard InChI is InChI=1S/C21H45BO9P2/c1-9-15(23)33(27,28)31-20(6,11-3)21(7,12-4)32(8,26)30-19(5,10-2)13-14-16(24)17(25)18(22)29-14/h14-18,23-25H,9-13,22H2,1-8H3,(H,27,28)/t14-,15?,16-,17-,18-,19?,20?,21?,32?/m1/s1. The van der Waals surface area contributed by atoms with Crippen LogP contribution in [-0.2, 0) is 22.9 Å². The molecule has 10 atom stereocenters. The molecule has 0 aliphatic carbocycles. The molecule has 12 heteroatoms. The van der Waals surface area contributed by atoms with E-state index in [2.05, 4.69) is 0 Å². The molecule has 0 aromatic rings. The van der Waals surface area contributed by atoms with Crippen molar-refractivity contribution in [1.82, 2.24) is 0 Å². The molecule has 9 nitrogen and oxygen atoms in total. The number of hydrogen-bond donors (Lipinski definition) is 4. The normalized spacial score (nSPS) is 33.8. The van der Waals surface area contributed by atoms with Crippen molar-refractivity contribution in [2.45, 2.75) is 127 Å². The summed E-state index contributed by atoms with van der Waals surface area (Å²) in [6.07, 6.45) is -1.48. The highest BCUT2D eigenvalue weighted by molar-refractivity contribution is 7.60. The van der Waals surface area contributed by atoms with E-state index < -0.39 is 61.5 Å². The van der Waals surface area contributed by atoms with Crippen molar-refractivity contribution in [1.29, 1.82) is 0 Å². The molecule has 6 unspecified atom stereocenters. The molecule has 1 fully saturated rings. The van der Waals surface area contributed by atoms with Gasteiger partial charge in [-0.1, -0.05) is 27.7 Å². The van der Waals surface area contributed by atoms with Crippen LogP contribution in [0, 0.1) is 0 Å². The van der Waals surface area contributed by atoms with E-state index in [4.69, 9.17) is 13.8 Å². The first kappa shape index (κ1) is 31.3. The maximum absolute atomic E-state index is 14.3. The predicted molar refractivity (Wildman–Crippen MR) is 132 cm³/mol. The lowest BCUT2D eigenvalue weighted by Crippen LogP contribution is -2.52. The number of hydrogen-bond acceptors (Lipinski definition) is 8. The molecule has 1 rings (SSSR count). The Balaban J connectivity index is 3.30. The molecule has 1 saturated heterocycles. The molecule has 0 amide bonds. The summed E-state index contributed by atoms with van der Waals surface area (Å²) >= 11 is 0. The highest BCUT2D eigenvalue weighted by Gasteiger charge is 2.58. The van der Waals surface area contributed by atoms with Crippen LogP contribution in [0.4, 0.5) is 0 Å². The molecule has 0 saturated carbocycles. The third-order valence-corrected chi connectivity index (χ3v) is 13.0. The number of rotatable bonds is 13. The third kappa shape index (κ3) is 6.33. The lowest BCUT2D eigenvalue weighted by atomic mass is 9.85. The van der Waals surface area contributed by atoms with Crippen molar-refractivity contribution in [3.63, 3.8) is 0 Å². The van der Waals surface area contributed by atoms with Gasteiger partial charge in [0, 0.05) is 13.1 Å². The fourth-order valence-electron chi connectivity index (χ4n) is 4.51. The fraction of sp³-hybridized carbons (Fsp3) is 1.00. The summed E-state index contributed by atoms with van der Waals surface area (Å²) in [5, 5.41) is 29.3. The molecule has 0 aromatic heterocycles. The van der Waals surface area contributed by atoms with Crippen LogP contribution in [0.5, 0.6) is 0 Å². The van der Waals surface area contributed by atoms with E-state index in [1.54, 1.807) is 42.5 Å². The quantitative estimate of drug-likeness (QED) is 0.216. The average molecular weight is 514 g/mol. The van der Waals surface area contributed by atoms with Crippen LogP contribution in [0.1, 0.15) is 80.6 Å². The molecule has 1 aliphatic heterocycles. The summed E-state index contributed by atoms with van der Waals surface area (Å²) in [4.78, 5) is 10.4. The topological polar surface area (TPSA) is 143 Å². The third-order valence-electron chi connectivity index (χ3n) is 7.85. The van der Waals surface area contributed by atoms with Crippen molar-refractivity contribution >= 4 is 22.8 Å². The molecule has 0 aromatic carbocycles. The summed E-state index contributed by atoms with van der Waals surface area (Å²) in [5.41, 5.74) is -2.30. The average Bonchev–Trinajstić information content (AvgIpc) is 2.97. The first-order valence-corrected chi connectivity index (χ1v) is 15.6. The minimum Gasteiger partial charge on any atom is -0.388 e. The van der Waals surface area contributed by atoms with Gasteiger partial charge >= 0.3 is 7.60 Å². The fourth-order valence-corrected chi connectivity index (χ4v) is 8.96. The predicted octanol–water partition coefficient (Wildman–Crippen LogP) is 2.82. The van der Waals surface area contributed by atoms with Crippen molar-refractivity contribution < 1.29 is 43.1 Å². The van der Waals surface area contributed by atoms with E-state index in [0.29, 0.717) is 12.8 Å². The monoisotopic (exact) mass is 514 g/mol. The van der Waals surface area contributed by atoms with Gasteiger partial charge in [-0.25, -0.2) is 0 Å². The number of aliphatic hydroxyl groups is 3. The lowest BCUT2D eigenvalue weighted by Gasteiger charge is -2.50. The second-order valence-corrected chi connectivity index (χ2v) is 14.8. The molecular weight excluding hydrogens is 469 g/mol. The zero-order valence-electron chi connectivity index (χ0n) is 21.6. The minimum atomic E-state index is -4.41. The van der Waals surface area contributed by atoms with Crippen molar-refractivity contribution in [2.24, 2.45) is 0 Å². The Bertz CT molecular complexity index is 755. The maximum atomic E-state index is 14.3. The highest BCUT2D eigenvalue weighted by atomic mass is 31.2. The summed E-state index contributed by atoms with van der Waals surface area (Å²) in [5.74, 6) is -1.54. The summed E-state index contributed by atoms with van der Waals surface area (Å²) in [6, 6.07) is -0.527. The van der Waals surface area contributed by atoms with Crippen LogP contribution >= 0.6 is 15.0 Å². The molecule has 0 spiro atoms. The van der Waals surface area contributed by atoms with Gasteiger partial charge in [0.2, 0.25) is 7.37 Å². The minimum absolute atomic E-state index is 0.0403. The van der Waals surface area contributed by atoms with Gasteiger partial charge in [0.1, 0.15) is 20.1 Å². The largest absolute Gasteiger partial charge is 0.388 e. The van der Waals surface area contributed by atoms with Gasteiger partial charge in [-0.3, -0.25) is 13.7 Å². The summed E-state index contributed by atoms with van der Waals surface area (Å²) < 4.78 is 44.8. The molecule has 33 heavy (non-hydrogen) atoms. The van der Waals surface area contributed by atoms with E-state index in [9.17, 15) is 29.3 Å². The Morgan fingerprint density at radius 1 is 1.00 bits per heavy atom. The second-order valence-electron chi connectivity index (χ2n) is 10.1. The highest BCUT2D eigenvalue weighted by Crippen LogP contribution is 2.68. The van der Waals surface area contributed by atoms with Crippen molar-refractivity contribution in [3.05, 3.63) is 0 Å². The van der Waals surface area contributed by atoms with Crippen LogP contribution in [0.15, 0.2) is 0 Å². The Labute approximate surface area is 200 Å². The van der Waals surface area contributed by atoms with Gasteiger partial charge in [0.15, 0.2) is 5.85 Å². The van der Waals surface area contributed by atoms with E-state index in [1.807, 2.05) is 13.8 Å². The van der Waals surface area contributed by atoms with Gasteiger partial charge in [0.05, 0.1) is 28.5 Å². The molecule has 0 radical (unpaired) electrons. The Kier molecular flexibility index (Phi) is 10.5. The molecule has 1 heterocycles. The maximum Gasteiger partial charge on any atom is 0.356 e. The smallest absolute Gasteiger partial charge is 0.356 e. The number of aliphatic hydroxyl groups excluding tert-OH is 3. The van der Waals surface area contributed by atoms with Crippen LogP contribution in [0.25, 0.3) is 0 Å². The molecule has 196 valence electrons. The zero-order valence-corrected chi connectivity index (χ0v) is 23.4. The van der Waals surface area contributed by atoms with E-state index >= 15 is 0 Å². The van der Waals surface area contributed by atoms with Crippen LogP contribution in [0.3, 0.4) is 0 Å². The Morgan fingerprint density at radius 3 is 1.91 bits per heavy atom. The Morgan fingerprint density at radius 2 is 1.55 bits per heavy atom. The molecular formula is C21H45BO9P2. The van der Waals surface area contributed by atoms with E-state index in [1.165, 1.54) is 6.66 Å². The van der Waals surface area contributed by atoms with Gasteiger partial charge in [-0.2, -0.15) is 0 Å². The molecule has 4 N–H and O–H groups in total. The first-order chi connectivity index (χ1) is 14.9. The second kappa shape index (κ2) is 11.1. The first-order valence-electron chi connectivity index (χ1n) is 11.9. The van der Waals surface area contributed by atoms with Crippen LogP contribution in [0.2, 0.25) is 0 Å².